The van der Waals surface area contributed by atoms with Gasteiger partial charge in [0.2, 0.25) is 5.91 Å². The summed E-state index contributed by atoms with van der Waals surface area (Å²) in [5.41, 5.74) is 7.90. The minimum atomic E-state index is -0.180. The largest absolute Gasteiger partial charge is 0.354 e. The van der Waals surface area contributed by atoms with Gasteiger partial charge in [-0.2, -0.15) is 0 Å². The lowest BCUT2D eigenvalue weighted by atomic mass is 9.97. The van der Waals surface area contributed by atoms with Crippen LogP contribution in [0.4, 0.5) is 0 Å². The number of hydrogen-bond acceptors (Lipinski definition) is 3. The summed E-state index contributed by atoms with van der Waals surface area (Å²) in [6.45, 7) is 6.26. The Labute approximate surface area is 103 Å². The minimum Gasteiger partial charge on any atom is -0.354 e. The Balaban J connectivity index is 2.70. The van der Waals surface area contributed by atoms with Crippen LogP contribution in [0.25, 0.3) is 0 Å². The summed E-state index contributed by atoms with van der Waals surface area (Å²) < 4.78 is 0. The lowest BCUT2D eigenvalue weighted by Crippen LogP contribution is -2.39. The van der Waals surface area contributed by atoms with Crippen LogP contribution in [0.3, 0.4) is 0 Å². The van der Waals surface area contributed by atoms with Gasteiger partial charge in [-0.15, -0.1) is 0 Å². The molecule has 0 radical (unpaired) electrons. The van der Waals surface area contributed by atoms with Crippen LogP contribution >= 0.6 is 0 Å². The number of nitrogens with two attached hydrogens (primary N) is 1. The van der Waals surface area contributed by atoms with Crippen LogP contribution < -0.4 is 11.1 Å². The second-order valence-electron chi connectivity index (χ2n) is 4.60. The van der Waals surface area contributed by atoms with Crippen molar-refractivity contribution < 1.29 is 4.79 Å². The number of nitrogens with one attached hydrogen (secondary N) is 1. The number of aromatic nitrogens is 1. The molecule has 4 nitrogen and oxygen atoms in total. The van der Waals surface area contributed by atoms with E-state index in [-0.39, 0.29) is 17.9 Å². The Morgan fingerprint density at radius 1 is 1.53 bits per heavy atom. The van der Waals surface area contributed by atoms with E-state index in [1.165, 1.54) is 0 Å². The fraction of sp³-hybridized carbons (Fsp3) is 0.538. The molecule has 0 spiro atoms. The zero-order valence-corrected chi connectivity index (χ0v) is 10.7. The maximum absolute atomic E-state index is 11.9. The third-order valence-corrected chi connectivity index (χ3v) is 2.70. The van der Waals surface area contributed by atoms with Crippen molar-refractivity contribution in [3.63, 3.8) is 0 Å². The van der Waals surface area contributed by atoms with Gasteiger partial charge >= 0.3 is 0 Å². The maximum Gasteiger partial charge on any atom is 0.224 e. The van der Waals surface area contributed by atoms with Gasteiger partial charge in [-0.1, -0.05) is 0 Å². The van der Waals surface area contributed by atoms with E-state index in [1.807, 2.05) is 26.8 Å². The van der Waals surface area contributed by atoms with Gasteiger partial charge in [0.05, 0.1) is 5.92 Å². The fourth-order valence-electron chi connectivity index (χ4n) is 1.66. The third-order valence-electron chi connectivity index (χ3n) is 2.70. The van der Waals surface area contributed by atoms with Crippen molar-refractivity contribution in [1.29, 1.82) is 0 Å². The summed E-state index contributed by atoms with van der Waals surface area (Å²) >= 11 is 0. The Hall–Kier alpha value is -1.42. The van der Waals surface area contributed by atoms with Crippen molar-refractivity contribution in [3.05, 3.63) is 29.6 Å². The predicted molar refractivity (Wildman–Crippen MR) is 68.5 cm³/mol. The van der Waals surface area contributed by atoms with Gasteiger partial charge in [-0.25, -0.2) is 0 Å². The highest BCUT2D eigenvalue weighted by Crippen LogP contribution is 2.11. The molecule has 0 aliphatic rings. The van der Waals surface area contributed by atoms with E-state index >= 15 is 0 Å². The average molecular weight is 235 g/mol. The van der Waals surface area contributed by atoms with Crippen molar-refractivity contribution in [2.75, 3.05) is 6.54 Å². The quantitative estimate of drug-likeness (QED) is 0.801. The lowest BCUT2D eigenvalue weighted by molar-refractivity contribution is -0.125. The molecule has 0 aromatic carbocycles. The Kier molecular flexibility index (Phi) is 5.10. The number of carbonyl (C=O) groups excluding carboxylic acids is 1. The lowest BCUT2D eigenvalue weighted by Gasteiger charge is -2.17. The van der Waals surface area contributed by atoms with E-state index in [0.29, 0.717) is 13.0 Å². The summed E-state index contributed by atoms with van der Waals surface area (Å²) in [5.74, 6) is -0.161. The number of amides is 1. The normalized spacial score (nSPS) is 12.5. The number of rotatable bonds is 5. The number of aryl methyl sites for hydroxylation is 1. The Morgan fingerprint density at radius 2 is 2.24 bits per heavy atom. The van der Waals surface area contributed by atoms with E-state index in [9.17, 15) is 4.79 Å². The van der Waals surface area contributed by atoms with Crippen molar-refractivity contribution in [1.82, 2.24) is 10.3 Å². The molecule has 0 saturated heterocycles. The van der Waals surface area contributed by atoms with Crippen LogP contribution in [0.2, 0.25) is 0 Å². The topological polar surface area (TPSA) is 68.0 Å². The molecule has 0 saturated carbocycles. The van der Waals surface area contributed by atoms with Gasteiger partial charge in [0, 0.05) is 25.0 Å². The van der Waals surface area contributed by atoms with E-state index in [0.717, 1.165) is 11.1 Å². The molecule has 1 amide bonds. The Morgan fingerprint density at radius 3 is 2.76 bits per heavy atom. The predicted octanol–water partition coefficient (Wildman–Crippen LogP) is 1.03. The molecular weight excluding hydrogens is 214 g/mol. The van der Waals surface area contributed by atoms with Crippen LogP contribution in [0, 0.1) is 12.8 Å². The smallest absolute Gasteiger partial charge is 0.224 e. The molecular formula is C13H21N3O. The zero-order valence-electron chi connectivity index (χ0n) is 10.7. The van der Waals surface area contributed by atoms with Gasteiger partial charge in [0.15, 0.2) is 0 Å². The standard InChI is InChI=1S/C13H21N3O/c1-9(2)16-13(17)11(7-14)6-12-8-15-5-4-10(12)3/h4-5,8-9,11H,6-7,14H2,1-3H3,(H,16,17). The summed E-state index contributed by atoms with van der Waals surface area (Å²) in [5, 5.41) is 2.89. The molecule has 1 aromatic rings. The monoisotopic (exact) mass is 235 g/mol. The molecule has 0 bridgehead atoms. The van der Waals surface area contributed by atoms with E-state index in [2.05, 4.69) is 10.3 Å². The first-order valence-corrected chi connectivity index (χ1v) is 5.94. The van der Waals surface area contributed by atoms with Crippen LogP contribution in [-0.2, 0) is 11.2 Å². The third kappa shape index (κ3) is 4.15. The van der Waals surface area contributed by atoms with Gasteiger partial charge in [0.1, 0.15) is 0 Å². The minimum absolute atomic E-state index is 0.0192. The molecule has 94 valence electrons. The van der Waals surface area contributed by atoms with Gasteiger partial charge in [-0.3, -0.25) is 9.78 Å². The summed E-state index contributed by atoms with van der Waals surface area (Å²) in [7, 11) is 0. The molecule has 1 unspecified atom stereocenters. The van der Waals surface area contributed by atoms with Crippen LogP contribution in [0.5, 0.6) is 0 Å². The molecule has 0 aliphatic carbocycles. The molecule has 1 rings (SSSR count). The SMILES string of the molecule is Cc1ccncc1CC(CN)C(=O)NC(C)C. The van der Waals surface area contributed by atoms with Crippen molar-refractivity contribution >= 4 is 5.91 Å². The molecule has 1 atom stereocenters. The summed E-state index contributed by atoms with van der Waals surface area (Å²) in [6, 6.07) is 2.09. The van der Waals surface area contributed by atoms with E-state index < -0.39 is 0 Å². The highest BCUT2D eigenvalue weighted by atomic mass is 16.1. The molecule has 1 heterocycles. The molecule has 3 N–H and O–H groups in total. The highest BCUT2D eigenvalue weighted by molar-refractivity contribution is 5.79. The molecule has 17 heavy (non-hydrogen) atoms. The van der Waals surface area contributed by atoms with Crippen molar-refractivity contribution in [2.24, 2.45) is 11.7 Å². The number of nitrogens with zero attached hydrogens (tertiary/aromatic N) is 1. The Bertz CT molecular complexity index is 377. The highest BCUT2D eigenvalue weighted by Gasteiger charge is 2.18. The summed E-state index contributed by atoms with van der Waals surface area (Å²) in [6.07, 6.45) is 4.21. The first kappa shape index (κ1) is 13.6. The van der Waals surface area contributed by atoms with Gasteiger partial charge < -0.3 is 11.1 Å². The fourth-order valence-corrected chi connectivity index (χ4v) is 1.66. The second-order valence-corrected chi connectivity index (χ2v) is 4.60. The second kappa shape index (κ2) is 6.35. The molecule has 4 heteroatoms. The first-order valence-electron chi connectivity index (χ1n) is 5.94. The maximum atomic E-state index is 11.9. The molecule has 0 aliphatic heterocycles. The molecule has 1 aromatic heterocycles. The number of carbonyl (C=O) groups is 1. The van der Waals surface area contributed by atoms with Gasteiger partial charge in [0.25, 0.3) is 0 Å². The van der Waals surface area contributed by atoms with E-state index in [4.69, 9.17) is 5.73 Å². The first-order chi connectivity index (χ1) is 8.04. The zero-order chi connectivity index (χ0) is 12.8. The number of pyridine rings is 1. The van der Waals surface area contributed by atoms with Crippen LogP contribution in [-0.4, -0.2) is 23.5 Å². The summed E-state index contributed by atoms with van der Waals surface area (Å²) in [4.78, 5) is 16.0. The number of hydrogen-bond donors (Lipinski definition) is 2. The van der Waals surface area contributed by atoms with E-state index in [1.54, 1.807) is 12.4 Å². The van der Waals surface area contributed by atoms with Crippen LogP contribution in [0.1, 0.15) is 25.0 Å². The van der Waals surface area contributed by atoms with Gasteiger partial charge in [-0.05, 0) is 44.4 Å². The van der Waals surface area contributed by atoms with Crippen molar-refractivity contribution in [3.8, 4) is 0 Å². The molecule has 0 fully saturated rings. The van der Waals surface area contributed by atoms with Crippen LogP contribution in [0.15, 0.2) is 18.5 Å². The van der Waals surface area contributed by atoms with Crippen molar-refractivity contribution in [2.45, 2.75) is 33.2 Å². The average Bonchev–Trinajstić information content (AvgIpc) is 2.27.